The number of amides is 1. The van der Waals surface area contributed by atoms with Gasteiger partial charge in [0.1, 0.15) is 11.3 Å². The Kier molecular flexibility index (Phi) is 3.52. The van der Waals surface area contributed by atoms with Gasteiger partial charge in [-0.1, -0.05) is 11.6 Å². The molecule has 8 nitrogen and oxygen atoms in total. The molecule has 1 aromatic heterocycles. The van der Waals surface area contributed by atoms with Crippen LogP contribution in [-0.2, 0) is 4.74 Å². The summed E-state index contributed by atoms with van der Waals surface area (Å²) in [5.41, 5.74) is 4.94. The van der Waals surface area contributed by atoms with Gasteiger partial charge in [-0.2, -0.15) is 9.97 Å². The van der Waals surface area contributed by atoms with Gasteiger partial charge in [0.25, 0.3) is 0 Å². The second kappa shape index (κ2) is 4.96. The number of fused-ring (bicyclic) bond motifs is 1. The Hall–Kier alpha value is -1.96. The zero-order chi connectivity index (χ0) is 14.0. The minimum Gasteiger partial charge on any atom is -0.443 e. The Morgan fingerprint density at radius 3 is 2.79 bits per heavy atom. The van der Waals surface area contributed by atoms with Crippen LogP contribution in [-0.4, -0.2) is 28.3 Å². The summed E-state index contributed by atoms with van der Waals surface area (Å²) in [5.74, 6) is 0.749. The molecule has 0 radical (unpaired) electrons. The van der Waals surface area contributed by atoms with Crippen molar-refractivity contribution in [3.8, 4) is 0 Å². The predicted octanol–water partition coefficient (Wildman–Crippen LogP) is 1.78. The quantitative estimate of drug-likeness (QED) is 0.486. The van der Waals surface area contributed by atoms with Crippen molar-refractivity contribution in [2.75, 3.05) is 22.7 Å². The van der Waals surface area contributed by atoms with Crippen molar-refractivity contribution in [1.29, 1.82) is 0 Å². The number of halogens is 1. The highest BCUT2D eigenvalue weighted by atomic mass is 35.5. The Morgan fingerprint density at radius 2 is 2.11 bits per heavy atom. The van der Waals surface area contributed by atoms with Crippen LogP contribution in [0.5, 0.6) is 0 Å². The normalized spacial score (nSPS) is 13.1. The van der Waals surface area contributed by atoms with Gasteiger partial charge in [-0.15, -0.1) is 0 Å². The van der Waals surface area contributed by atoms with Gasteiger partial charge in [-0.25, -0.2) is 10.2 Å². The van der Waals surface area contributed by atoms with E-state index < -0.39 is 11.7 Å². The van der Waals surface area contributed by atoms with Crippen molar-refractivity contribution in [3.05, 3.63) is 5.15 Å². The zero-order valence-electron chi connectivity index (χ0n) is 10.8. The Balaban J connectivity index is 1.97. The molecule has 0 unspecified atom stereocenters. The number of carbonyl (C=O) groups is 1. The van der Waals surface area contributed by atoms with Crippen LogP contribution < -0.4 is 21.5 Å². The molecule has 2 rings (SSSR count). The molecule has 2 heterocycles. The lowest BCUT2D eigenvalue weighted by atomic mass is 10.2. The van der Waals surface area contributed by atoms with E-state index in [-0.39, 0.29) is 11.1 Å². The van der Waals surface area contributed by atoms with E-state index in [2.05, 4.69) is 31.5 Å². The van der Waals surface area contributed by atoms with Gasteiger partial charge in [0.05, 0.1) is 6.67 Å². The minimum atomic E-state index is -0.626. The van der Waals surface area contributed by atoms with Crippen LogP contribution in [0.1, 0.15) is 20.8 Å². The third-order valence-corrected chi connectivity index (χ3v) is 2.33. The molecule has 104 valence electrons. The summed E-state index contributed by atoms with van der Waals surface area (Å²) >= 11 is 5.96. The van der Waals surface area contributed by atoms with Gasteiger partial charge in [0.15, 0.2) is 11.0 Å². The van der Waals surface area contributed by atoms with E-state index in [1.54, 1.807) is 20.8 Å². The summed E-state index contributed by atoms with van der Waals surface area (Å²) < 4.78 is 5.05. The first kappa shape index (κ1) is 13.5. The van der Waals surface area contributed by atoms with Crippen molar-refractivity contribution in [2.24, 2.45) is 0 Å². The van der Waals surface area contributed by atoms with Gasteiger partial charge in [-0.05, 0) is 20.8 Å². The average Bonchev–Trinajstić information content (AvgIpc) is 2.72. The first-order valence-electron chi connectivity index (χ1n) is 5.65. The van der Waals surface area contributed by atoms with Crippen LogP contribution in [0.15, 0.2) is 0 Å². The molecule has 4 N–H and O–H groups in total. The van der Waals surface area contributed by atoms with E-state index in [4.69, 9.17) is 16.3 Å². The lowest BCUT2D eigenvalue weighted by molar-refractivity contribution is 0.0540. The maximum atomic E-state index is 11.4. The van der Waals surface area contributed by atoms with Crippen LogP contribution >= 0.6 is 11.6 Å². The number of nitrogens with zero attached hydrogens (tertiary/aromatic N) is 2. The molecule has 1 amide bonds. The molecule has 0 aliphatic carbocycles. The van der Waals surface area contributed by atoms with Crippen molar-refractivity contribution in [3.63, 3.8) is 0 Å². The molecular formula is C10H15ClN6O2. The SMILES string of the molecule is CC(C)(C)OC(=O)NNc1nc(Cl)c2c(n1)NCN2. The topological polar surface area (TPSA) is 100 Å². The second-order valence-corrected chi connectivity index (χ2v) is 5.20. The lowest BCUT2D eigenvalue weighted by Crippen LogP contribution is -2.36. The number of hydrazine groups is 1. The number of nitrogens with one attached hydrogen (secondary N) is 4. The highest BCUT2D eigenvalue weighted by molar-refractivity contribution is 6.32. The molecule has 0 saturated heterocycles. The number of ether oxygens (including phenoxy) is 1. The number of carbonyl (C=O) groups excluding carboxylic acids is 1. The van der Waals surface area contributed by atoms with Crippen LogP contribution in [0.3, 0.4) is 0 Å². The van der Waals surface area contributed by atoms with Crippen LogP contribution in [0.25, 0.3) is 0 Å². The Labute approximate surface area is 115 Å². The summed E-state index contributed by atoms with van der Waals surface area (Å²) in [6.07, 6.45) is -0.626. The molecule has 1 aromatic rings. The van der Waals surface area contributed by atoms with Crippen molar-refractivity contribution >= 4 is 35.1 Å². The number of hydrogen-bond donors (Lipinski definition) is 4. The Bertz CT molecular complexity index is 502. The van der Waals surface area contributed by atoms with Gasteiger partial charge in [0.2, 0.25) is 5.95 Å². The van der Waals surface area contributed by atoms with Gasteiger partial charge < -0.3 is 15.4 Å². The van der Waals surface area contributed by atoms with E-state index in [1.807, 2.05) is 0 Å². The molecule has 0 saturated carbocycles. The lowest BCUT2D eigenvalue weighted by Gasteiger charge is -2.19. The van der Waals surface area contributed by atoms with Crippen LogP contribution in [0, 0.1) is 0 Å². The molecule has 0 bridgehead atoms. The molecular weight excluding hydrogens is 272 g/mol. The van der Waals surface area contributed by atoms with E-state index in [1.165, 1.54) is 0 Å². The average molecular weight is 287 g/mol. The molecule has 0 atom stereocenters. The molecule has 0 fully saturated rings. The third-order valence-electron chi connectivity index (χ3n) is 2.06. The fraction of sp³-hybridized carbons (Fsp3) is 0.500. The fourth-order valence-electron chi connectivity index (χ4n) is 1.40. The molecule has 9 heteroatoms. The highest BCUT2D eigenvalue weighted by Gasteiger charge is 2.19. The van der Waals surface area contributed by atoms with Crippen molar-refractivity contribution in [1.82, 2.24) is 15.4 Å². The first-order chi connectivity index (χ1) is 8.85. The minimum absolute atomic E-state index is 0.172. The summed E-state index contributed by atoms with van der Waals surface area (Å²) in [6, 6.07) is 0. The number of hydrogen-bond acceptors (Lipinski definition) is 7. The third kappa shape index (κ3) is 3.50. The zero-order valence-corrected chi connectivity index (χ0v) is 11.6. The van der Waals surface area contributed by atoms with E-state index >= 15 is 0 Å². The van der Waals surface area contributed by atoms with Gasteiger partial charge in [-0.3, -0.25) is 5.43 Å². The van der Waals surface area contributed by atoms with E-state index in [0.717, 1.165) is 0 Å². The first-order valence-corrected chi connectivity index (χ1v) is 6.03. The van der Waals surface area contributed by atoms with Crippen molar-refractivity contribution in [2.45, 2.75) is 26.4 Å². The van der Waals surface area contributed by atoms with E-state index in [0.29, 0.717) is 18.2 Å². The van der Waals surface area contributed by atoms with Gasteiger partial charge in [0, 0.05) is 0 Å². The largest absolute Gasteiger partial charge is 0.443 e. The number of aromatic nitrogens is 2. The van der Waals surface area contributed by atoms with E-state index in [9.17, 15) is 4.79 Å². The summed E-state index contributed by atoms with van der Waals surface area (Å²) in [5, 5.41) is 6.23. The number of rotatable bonds is 2. The standard InChI is InChI=1S/C10H15ClN6O2/c1-10(2,3)19-9(18)17-16-8-14-6(11)5-7(15-8)13-4-12-5/h12H,4H2,1-3H3,(H,17,18)(H2,13,14,15,16). The molecule has 19 heavy (non-hydrogen) atoms. The molecule has 1 aliphatic heterocycles. The monoisotopic (exact) mass is 286 g/mol. The van der Waals surface area contributed by atoms with Gasteiger partial charge >= 0.3 is 6.09 Å². The maximum Gasteiger partial charge on any atom is 0.426 e. The van der Waals surface area contributed by atoms with Crippen LogP contribution in [0.2, 0.25) is 5.15 Å². The van der Waals surface area contributed by atoms with Crippen molar-refractivity contribution < 1.29 is 9.53 Å². The predicted molar refractivity (Wildman–Crippen MR) is 72.1 cm³/mol. The van der Waals surface area contributed by atoms with Crippen LogP contribution in [0.4, 0.5) is 22.2 Å². The molecule has 1 aliphatic rings. The maximum absolute atomic E-state index is 11.4. The summed E-state index contributed by atoms with van der Waals surface area (Å²) in [7, 11) is 0. The Morgan fingerprint density at radius 1 is 1.37 bits per heavy atom. The summed E-state index contributed by atoms with van der Waals surface area (Å²) in [6.45, 7) is 5.84. The fourth-order valence-corrected chi connectivity index (χ4v) is 1.64. The summed E-state index contributed by atoms with van der Waals surface area (Å²) in [4.78, 5) is 19.6. The number of anilines is 3. The molecule has 0 aromatic carbocycles. The second-order valence-electron chi connectivity index (χ2n) is 4.84. The highest BCUT2D eigenvalue weighted by Crippen LogP contribution is 2.31. The smallest absolute Gasteiger partial charge is 0.426 e. The molecule has 0 spiro atoms.